The summed E-state index contributed by atoms with van der Waals surface area (Å²) in [5.74, 6) is -0.165. The summed E-state index contributed by atoms with van der Waals surface area (Å²) in [6.07, 6.45) is 0. The highest BCUT2D eigenvalue weighted by Crippen LogP contribution is 2.21. The van der Waals surface area contributed by atoms with E-state index in [9.17, 15) is 10.1 Å². The van der Waals surface area contributed by atoms with Gasteiger partial charge in [0.25, 0.3) is 0 Å². The third-order valence-electron chi connectivity index (χ3n) is 1.54. The fraction of sp³-hybridized carbons (Fsp3) is 0.143. The van der Waals surface area contributed by atoms with E-state index < -0.39 is 4.92 Å². The molecule has 0 fully saturated rings. The SMILES string of the molecule is Cc1nc(N)c([N+](=O)[O-])cc1C#N. The van der Waals surface area contributed by atoms with Crippen molar-refractivity contribution in [3.63, 3.8) is 0 Å². The summed E-state index contributed by atoms with van der Waals surface area (Å²) >= 11 is 0. The van der Waals surface area contributed by atoms with Crippen LogP contribution in [0.25, 0.3) is 0 Å². The molecule has 0 spiro atoms. The van der Waals surface area contributed by atoms with Gasteiger partial charge in [0.15, 0.2) is 0 Å². The summed E-state index contributed by atoms with van der Waals surface area (Å²) < 4.78 is 0. The highest BCUT2D eigenvalue weighted by molar-refractivity contribution is 5.57. The Kier molecular flexibility index (Phi) is 2.11. The van der Waals surface area contributed by atoms with Gasteiger partial charge in [0.1, 0.15) is 6.07 Å². The van der Waals surface area contributed by atoms with Gasteiger partial charge < -0.3 is 5.73 Å². The Hall–Kier alpha value is -2.16. The van der Waals surface area contributed by atoms with E-state index in [1.165, 1.54) is 0 Å². The molecule has 13 heavy (non-hydrogen) atoms. The smallest absolute Gasteiger partial charge is 0.312 e. The summed E-state index contributed by atoms with van der Waals surface area (Å²) in [5, 5.41) is 18.9. The van der Waals surface area contributed by atoms with Gasteiger partial charge in [-0.25, -0.2) is 4.98 Å². The molecule has 1 rings (SSSR count). The third kappa shape index (κ3) is 1.54. The number of pyridine rings is 1. The molecule has 0 aliphatic rings. The second-order valence-electron chi connectivity index (χ2n) is 2.39. The van der Waals surface area contributed by atoms with Crippen LogP contribution >= 0.6 is 0 Å². The molecule has 6 nitrogen and oxygen atoms in total. The van der Waals surface area contributed by atoms with Crippen molar-refractivity contribution in [2.24, 2.45) is 0 Å². The lowest BCUT2D eigenvalue weighted by atomic mass is 10.2. The lowest BCUT2D eigenvalue weighted by Crippen LogP contribution is -2.01. The van der Waals surface area contributed by atoms with Crippen molar-refractivity contribution >= 4 is 11.5 Å². The Morgan fingerprint density at radius 1 is 1.77 bits per heavy atom. The number of rotatable bonds is 1. The minimum absolute atomic E-state index is 0.165. The fourth-order valence-electron chi connectivity index (χ4n) is 0.873. The second kappa shape index (κ2) is 3.06. The Balaban J connectivity index is 3.41. The van der Waals surface area contributed by atoms with Crippen LogP contribution in [0, 0.1) is 28.4 Å². The number of hydrogen-bond acceptors (Lipinski definition) is 5. The maximum Gasteiger partial charge on any atom is 0.312 e. The van der Waals surface area contributed by atoms with E-state index in [-0.39, 0.29) is 17.1 Å². The number of aryl methyl sites for hydroxylation is 1. The van der Waals surface area contributed by atoms with Crippen molar-refractivity contribution in [2.75, 3.05) is 5.73 Å². The lowest BCUT2D eigenvalue weighted by molar-refractivity contribution is -0.384. The maximum atomic E-state index is 10.4. The molecule has 0 amide bonds. The van der Waals surface area contributed by atoms with E-state index in [1.54, 1.807) is 13.0 Å². The number of nitrogens with zero attached hydrogens (tertiary/aromatic N) is 3. The van der Waals surface area contributed by atoms with Crippen molar-refractivity contribution < 1.29 is 4.92 Å². The van der Waals surface area contributed by atoms with Gasteiger partial charge in [-0.3, -0.25) is 10.1 Å². The molecule has 0 saturated carbocycles. The first-order valence-electron chi connectivity index (χ1n) is 3.38. The topological polar surface area (TPSA) is 106 Å². The molecule has 1 aromatic heterocycles. The van der Waals surface area contributed by atoms with E-state index in [4.69, 9.17) is 11.0 Å². The van der Waals surface area contributed by atoms with E-state index >= 15 is 0 Å². The number of nitrogens with two attached hydrogens (primary N) is 1. The quantitative estimate of drug-likeness (QED) is 0.504. The summed E-state index contributed by atoms with van der Waals surface area (Å²) in [6.45, 7) is 1.57. The van der Waals surface area contributed by atoms with Gasteiger partial charge in [0, 0.05) is 6.07 Å². The average Bonchev–Trinajstić information content (AvgIpc) is 2.03. The molecule has 0 aliphatic heterocycles. The zero-order valence-corrected chi connectivity index (χ0v) is 6.81. The second-order valence-corrected chi connectivity index (χ2v) is 2.39. The van der Waals surface area contributed by atoms with Gasteiger partial charge in [-0.05, 0) is 6.92 Å². The van der Waals surface area contributed by atoms with Crippen molar-refractivity contribution in [3.05, 3.63) is 27.4 Å². The first-order valence-corrected chi connectivity index (χ1v) is 3.38. The molecule has 0 radical (unpaired) electrons. The van der Waals surface area contributed by atoms with E-state index in [0.717, 1.165) is 6.07 Å². The van der Waals surface area contributed by atoms with Crippen LogP contribution in [0.5, 0.6) is 0 Å². The van der Waals surface area contributed by atoms with Crippen molar-refractivity contribution in [3.8, 4) is 6.07 Å². The van der Waals surface area contributed by atoms with Crippen LogP contribution in [0.15, 0.2) is 6.07 Å². The van der Waals surface area contributed by atoms with Crippen LogP contribution in [0.1, 0.15) is 11.3 Å². The molecule has 0 aliphatic carbocycles. The zero-order valence-electron chi connectivity index (χ0n) is 6.81. The predicted molar refractivity (Wildman–Crippen MR) is 44.8 cm³/mol. The molecule has 6 heteroatoms. The molecule has 2 N–H and O–H groups in total. The molecular weight excluding hydrogens is 172 g/mol. The lowest BCUT2D eigenvalue weighted by Gasteiger charge is -1.99. The average molecular weight is 178 g/mol. The molecular formula is C7H6N4O2. The summed E-state index contributed by atoms with van der Waals surface area (Å²) in [5.41, 5.74) is 5.51. The molecule has 0 saturated heterocycles. The number of nitro groups is 1. The number of anilines is 1. The van der Waals surface area contributed by atoms with Crippen LogP contribution in [0.3, 0.4) is 0 Å². The van der Waals surface area contributed by atoms with Crippen LogP contribution in [-0.2, 0) is 0 Å². The monoisotopic (exact) mass is 178 g/mol. The minimum Gasteiger partial charge on any atom is -0.378 e. The molecule has 1 aromatic rings. The van der Waals surface area contributed by atoms with Crippen molar-refractivity contribution in [1.29, 1.82) is 5.26 Å². The Bertz CT molecular complexity index is 408. The van der Waals surface area contributed by atoms with Crippen LogP contribution in [0.4, 0.5) is 11.5 Å². The van der Waals surface area contributed by atoms with E-state index in [2.05, 4.69) is 4.98 Å². The van der Waals surface area contributed by atoms with Gasteiger partial charge >= 0.3 is 5.69 Å². The Labute approximate surface area is 73.8 Å². The standard InChI is InChI=1S/C7H6N4O2/c1-4-5(3-8)2-6(11(12)13)7(9)10-4/h2H,1H3,(H2,9,10). The van der Waals surface area contributed by atoms with Crippen molar-refractivity contribution in [1.82, 2.24) is 4.98 Å². The van der Waals surface area contributed by atoms with Gasteiger partial charge in [-0.15, -0.1) is 0 Å². The molecule has 0 bridgehead atoms. The highest BCUT2D eigenvalue weighted by Gasteiger charge is 2.15. The molecule has 0 atom stereocenters. The summed E-state index contributed by atoms with van der Waals surface area (Å²) in [6, 6.07) is 2.92. The van der Waals surface area contributed by atoms with E-state index in [1.807, 2.05) is 0 Å². The summed E-state index contributed by atoms with van der Waals surface area (Å²) in [7, 11) is 0. The number of aromatic nitrogens is 1. The van der Waals surface area contributed by atoms with Gasteiger partial charge in [-0.1, -0.05) is 0 Å². The molecule has 1 heterocycles. The molecule has 0 unspecified atom stereocenters. The predicted octanol–water partition coefficient (Wildman–Crippen LogP) is 0.752. The first kappa shape index (κ1) is 8.93. The number of nitrogen functional groups attached to an aromatic ring is 1. The van der Waals surface area contributed by atoms with Crippen LogP contribution < -0.4 is 5.73 Å². The Morgan fingerprint density at radius 2 is 2.38 bits per heavy atom. The molecule has 0 aromatic carbocycles. The molecule has 66 valence electrons. The largest absolute Gasteiger partial charge is 0.378 e. The number of nitriles is 1. The Morgan fingerprint density at radius 3 is 2.85 bits per heavy atom. The van der Waals surface area contributed by atoms with Gasteiger partial charge in [0.05, 0.1) is 16.2 Å². The van der Waals surface area contributed by atoms with Crippen LogP contribution in [0.2, 0.25) is 0 Å². The van der Waals surface area contributed by atoms with Crippen molar-refractivity contribution in [2.45, 2.75) is 6.92 Å². The summed E-state index contributed by atoms with van der Waals surface area (Å²) in [4.78, 5) is 13.4. The van der Waals surface area contributed by atoms with Gasteiger partial charge in [0.2, 0.25) is 5.82 Å². The minimum atomic E-state index is -0.664. The first-order chi connectivity index (χ1) is 6.06. The normalized spacial score (nSPS) is 9.23. The zero-order chi connectivity index (χ0) is 10.0. The van der Waals surface area contributed by atoms with E-state index in [0.29, 0.717) is 5.69 Å². The third-order valence-corrected chi connectivity index (χ3v) is 1.54. The van der Waals surface area contributed by atoms with Gasteiger partial charge in [-0.2, -0.15) is 5.26 Å². The van der Waals surface area contributed by atoms with Crippen LogP contribution in [-0.4, -0.2) is 9.91 Å². The highest BCUT2D eigenvalue weighted by atomic mass is 16.6. The fourth-order valence-corrected chi connectivity index (χ4v) is 0.873. The maximum absolute atomic E-state index is 10.4. The number of hydrogen-bond donors (Lipinski definition) is 1.